The van der Waals surface area contributed by atoms with Crippen LogP contribution < -0.4 is 20.4 Å². The van der Waals surface area contributed by atoms with Crippen LogP contribution in [0.5, 0.6) is 0 Å². The minimum Gasteiger partial charge on any atom is -0.550 e. The van der Waals surface area contributed by atoms with Crippen molar-refractivity contribution < 1.29 is 61.3 Å². The zero-order valence-electron chi connectivity index (χ0n) is 10.2. The number of carboxylic acid groups (broad SMARTS) is 4. The Labute approximate surface area is 125 Å². The van der Waals surface area contributed by atoms with Gasteiger partial charge >= 0.3 is 21.7 Å². The molecule has 0 aromatic heterocycles. The van der Waals surface area contributed by atoms with Gasteiger partial charge in [-0.3, -0.25) is 0 Å². The predicted octanol–water partition coefficient (Wildman–Crippen LogP) is -4.56. The normalized spacial score (nSPS) is 5.56. The van der Waals surface area contributed by atoms with Gasteiger partial charge in [0.1, 0.15) is 0 Å². The maximum atomic E-state index is 8.89. The second-order valence-electron chi connectivity index (χ2n) is 1.97. The van der Waals surface area contributed by atoms with Crippen molar-refractivity contribution in [2.45, 2.75) is 27.7 Å². The van der Waals surface area contributed by atoms with Gasteiger partial charge in [-0.1, -0.05) is 0 Å². The van der Waals surface area contributed by atoms with E-state index in [9.17, 15) is 0 Å². The van der Waals surface area contributed by atoms with Gasteiger partial charge in [0.15, 0.2) is 0 Å². The molecular formula is C8H13ClO8Ti. The molecule has 0 spiro atoms. The maximum absolute atomic E-state index is 8.89. The van der Waals surface area contributed by atoms with Crippen molar-refractivity contribution in [3.8, 4) is 0 Å². The van der Waals surface area contributed by atoms with E-state index in [1.165, 1.54) is 0 Å². The number of hydrogen-bond acceptors (Lipinski definition) is 8. The predicted molar refractivity (Wildman–Crippen MR) is 50.0 cm³/mol. The van der Waals surface area contributed by atoms with E-state index in [1.807, 2.05) is 0 Å². The molecule has 0 aromatic carbocycles. The summed E-state index contributed by atoms with van der Waals surface area (Å²) in [5.74, 6) is -4.33. The number of halogens is 1. The minimum atomic E-state index is -1.08. The molecule has 0 amide bonds. The number of carboxylic acids is 4. The zero-order chi connectivity index (χ0) is 14.3. The molecule has 0 rings (SSSR count). The van der Waals surface area contributed by atoms with E-state index in [1.54, 1.807) is 0 Å². The summed E-state index contributed by atoms with van der Waals surface area (Å²) in [6.45, 7) is 3.89. The van der Waals surface area contributed by atoms with Crippen LogP contribution in [0.25, 0.3) is 0 Å². The Bertz CT molecular complexity index is 167. The van der Waals surface area contributed by atoms with Crippen molar-refractivity contribution in [3.63, 3.8) is 0 Å². The Morgan fingerprint density at radius 2 is 0.556 bits per heavy atom. The van der Waals surface area contributed by atoms with E-state index in [-0.39, 0.29) is 34.1 Å². The van der Waals surface area contributed by atoms with Gasteiger partial charge in [-0.15, -0.1) is 12.4 Å². The smallest absolute Gasteiger partial charge is 0.550 e. The largest absolute Gasteiger partial charge is 4.00 e. The Kier molecular flexibility index (Phi) is 59.3. The third-order valence-electron chi connectivity index (χ3n) is 0. The molecule has 0 aliphatic rings. The van der Waals surface area contributed by atoms with Crippen LogP contribution in [-0.4, -0.2) is 23.9 Å². The Morgan fingerprint density at radius 3 is 0.556 bits per heavy atom. The number of carbonyl (C=O) groups is 4. The molecule has 18 heavy (non-hydrogen) atoms. The van der Waals surface area contributed by atoms with Crippen molar-refractivity contribution in [3.05, 3.63) is 0 Å². The zero-order valence-corrected chi connectivity index (χ0v) is 12.6. The first-order valence-electron chi connectivity index (χ1n) is 3.63. The number of hydrogen-bond donors (Lipinski definition) is 0. The van der Waals surface area contributed by atoms with E-state index in [0.29, 0.717) is 0 Å². The summed E-state index contributed by atoms with van der Waals surface area (Å²) in [7, 11) is 0. The molecule has 0 aliphatic carbocycles. The van der Waals surface area contributed by atoms with Crippen LogP contribution in [0.3, 0.4) is 0 Å². The fourth-order valence-electron chi connectivity index (χ4n) is 0. The molecule has 10 heteroatoms. The summed E-state index contributed by atoms with van der Waals surface area (Å²) in [5, 5.41) is 35.6. The molecule has 0 N–H and O–H groups in total. The fraction of sp³-hybridized carbons (Fsp3) is 0.500. The molecule has 0 unspecified atom stereocenters. The molecule has 0 bridgehead atoms. The van der Waals surface area contributed by atoms with Crippen LogP contribution in [0.2, 0.25) is 0 Å². The molecule has 0 aromatic rings. The summed E-state index contributed by atoms with van der Waals surface area (Å²) in [6.07, 6.45) is 0. The van der Waals surface area contributed by atoms with Gasteiger partial charge in [-0.2, -0.15) is 0 Å². The standard InChI is InChI=1S/4C2H4O2.ClH.Ti/c4*1-2(3)4;;/h4*1H3,(H,3,4);1H;/q;;;;;+4/p-4. The fourth-order valence-corrected chi connectivity index (χ4v) is 0. The quantitative estimate of drug-likeness (QED) is 0.403. The second kappa shape index (κ2) is 29.7. The molecule has 104 valence electrons. The first-order chi connectivity index (χ1) is 6.93. The summed E-state index contributed by atoms with van der Waals surface area (Å²) >= 11 is 0. The van der Waals surface area contributed by atoms with E-state index in [4.69, 9.17) is 39.6 Å². The van der Waals surface area contributed by atoms with Crippen molar-refractivity contribution in [2.75, 3.05) is 0 Å². The monoisotopic (exact) mass is 320 g/mol. The van der Waals surface area contributed by atoms with Crippen molar-refractivity contribution in [1.82, 2.24) is 0 Å². The van der Waals surface area contributed by atoms with Crippen LogP contribution >= 0.6 is 12.4 Å². The summed E-state index contributed by atoms with van der Waals surface area (Å²) in [5.41, 5.74) is 0. The molecule has 0 radical (unpaired) electrons. The Balaban J connectivity index is -0.0000000257. The minimum absolute atomic E-state index is 0. The molecule has 8 nitrogen and oxygen atoms in total. The van der Waals surface area contributed by atoms with Crippen LogP contribution in [-0.2, 0) is 40.9 Å². The Morgan fingerprint density at radius 1 is 0.556 bits per heavy atom. The van der Waals surface area contributed by atoms with Crippen molar-refractivity contribution in [1.29, 1.82) is 0 Å². The molecule has 0 aliphatic heterocycles. The van der Waals surface area contributed by atoms with Gasteiger partial charge in [-0.25, -0.2) is 0 Å². The summed E-state index contributed by atoms with van der Waals surface area (Å²) in [6, 6.07) is 0. The van der Waals surface area contributed by atoms with Gasteiger partial charge in [0.05, 0.1) is 0 Å². The van der Waals surface area contributed by atoms with E-state index in [0.717, 1.165) is 27.7 Å². The number of rotatable bonds is 0. The van der Waals surface area contributed by atoms with Gasteiger partial charge in [0.25, 0.3) is 0 Å². The molecule has 0 saturated heterocycles. The van der Waals surface area contributed by atoms with E-state index in [2.05, 4.69) is 0 Å². The van der Waals surface area contributed by atoms with Crippen molar-refractivity contribution in [2.24, 2.45) is 0 Å². The summed E-state index contributed by atoms with van der Waals surface area (Å²) < 4.78 is 0. The Hall–Kier alpha value is -1.12. The SMILES string of the molecule is CC(=O)[O-].CC(=O)[O-].CC(=O)[O-].CC(=O)[O-].Cl.[Ti+4]. The molecule has 0 atom stereocenters. The van der Waals surface area contributed by atoms with Gasteiger partial charge in [-0.05, 0) is 27.7 Å². The van der Waals surface area contributed by atoms with Gasteiger partial charge < -0.3 is 39.6 Å². The van der Waals surface area contributed by atoms with Crippen LogP contribution in [0.1, 0.15) is 27.7 Å². The van der Waals surface area contributed by atoms with Gasteiger partial charge in [0.2, 0.25) is 0 Å². The second-order valence-corrected chi connectivity index (χ2v) is 1.97. The maximum Gasteiger partial charge on any atom is 4.00 e. The third kappa shape index (κ3) is 2300. The van der Waals surface area contributed by atoms with Gasteiger partial charge in [0, 0.05) is 23.9 Å². The van der Waals surface area contributed by atoms with Crippen LogP contribution in [0, 0.1) is 0 Å². The number of carbonyl (C=O) groups excluding carboxylic acids is 4. The molecule has 0 fully saturated rings. The van der Waals surface area contributed by atoms with E-state index < -0.39 is 23.9 Å². The van der Waals surface area contributed by atoms with E-state index >= 15 is 0 Å². The van der Waals surface area contributed by atoms with Crippen LogP contribution in [0.4, 0.5) is 0 Å². The number of aliphatic carboxylic acids is 4. The molecular weight excluding hydrogens is 307 g/mol. The third-order valence-corrected chi connectivity index (χ3v) is 0. The molecule has 0 heterocycles. The topological polar surface area (TPSA) is 161 Å². The van der Waals surface area contributed by atoms with Crippen LogP contribution in [0.15, 0.2) is 0 Å². The average molecular weight is 321 g/mol. The first-order valence-corrected chi connectivity index (χ1v) is 3.63. The molecule has 0 saturated carbocycles. The average Bonchev–Trinajstić information content (AvgIpc) is 1.76. The summed E-state index contributed by atoms with van der Waals surface area (Å²) in [4.78, 5) is 35.6. The van der Waals surface area contributed by atoms with Crippen molar-refractivity contribution >= 4 is 36.3 Å². The first kappa shape index (κ1) is 36.0.